The van der Waals surface area contributed by atoms with E-state index in [0.29, 0.717) is 11.7 Å². The fourth-order valence-electron chi connectivity index (χ4n) is 5.97. The number of rotatable bonds is 17. The zero-order chi connectivity index (χ0) is 36.1. The number of benzene rings is 2. The molecular formula is C43H70O5. The summed E-state index contributed by atoms with van der Waals surface area (Å²) in [7, 11) is 0. The zero-order valence-electron chi connectivity index (χ0n) is 32.6. The summed E-state index contributed by atoms with van der Waals surface area (Å²) in [6.45, 7) is 22.5. The van der Waals surface area contributed by atoms with Crippen LogP contribution in [-0.4, -0.2) is 24.6 Å². The average molecular weight is 667 g/mol. The second-order valence-corrected chi connectivity index (χ2v) is 14.2. The Bertz CT molecular complexity index is 1180. The van der Waals surface area contributed by atoms with Gasteiger partial charge in [-0.1, -0.05) is 137 Å². The average Bonchev–Trinajstić information content (AvgIpc) is 3.05. The van der Waals surface area contributed by atoms with Crippen molar-refractivity contribution in [2.45, 2.75) is 172 Å². The fraction of sp³-hybridized carbons (Fsp3) is 0.674. The Morgan fingerprint density at radius 3 is 2.00 bits per heavy atom. The molecule has 2 unspecified atom stereocenters. The van der Waals surface area contributed by atoms with Crippen LogP contribution in [0.2, 0.25) is 0 Å². The molecule has 2 aromatic rings. The van der Waals surface area contributed by atoms with Gasteiger partial charge in [0.15, 0.2) is 6.61 Å². The Kier molecular flexibility index (Phi) is 21.9. The Labute approximate surface area is 294 Å². The highest BCUT2D eigenvalue weighted by Crippen LogP contribution is 2.38. The van der Waals surface area contributed by atoms with E-state index < -0.39 is 24.5 Å². The summed E-state index contributed by atoms with van der Waals surface area (Å²) in [5, 5.41) is 0. The van der Waals surface area contributed by atoms with E-state index in [1.165, 1.54) is 69.8 Å². The lowest BCUT2D eigenvalue weighted by Crippen LogP contribution is -2.23. The maximum atomic E-state index is 12.5. The third-order valence-corrected chi connectivity index (χ3v) is 8.84. The summed E-state index contributed by atoms with van der Waals surface area (Å²) in [6, 6.07) is 9.89. The summed E-state index contributed by atoms with van der Waals surface area (Å²) < 4.78 is 16.8. The van der Waals surface area contributed by atoms with E-state index in [4.69, 9.17) is 14.2 Å². The minimum atomic E-state index is -0.589. The molecule has 0 spiro atoms. The number of unbranched alkanes of at least 4 members (excludes halogenated alkanes) is 8. The van der Waals surface area contributed by atoms with Gasteiger partial charge in [-0.2, -0.15) is 0 Å². The van der Waals surface area contributed by atoms with Gasteiger partial charge in [0.1, 0.15) is 11.5 Å². The molecule has 1 heterocycles. The van der Waals surface area contributed by atoms with Crippen molar-refractivity contribution in [1.29, 1.82) is 0 Å². The minimum absolute atomic E-state index is 0.183. The smallest absolute Gasteiger partial charge is 0.349 e. The molecular weight excluding hydrogens is 596 g/mol. The minimum Gasteiger partial charge on any atom is -0.490 e. The summed E-state index contributed by atoms with van der Waals surface area (Å²) >= 11 is 0. The van der Waals surface area contributed by atoms with E-state index in [-0.39, 0.29) is 6.10 Å². The highest BCUT2D eigenvalue weighted by Gasteiger charge is 2.24. The Morgan fingerprint density at radius 2 is 1.44 bits per heavy atom. The number of ether oxygens (including phenoxy) is 3. The molecule has 0 radical (unpaired) electrons. The molecule has 272 valence electrons. The zero-order valence-corrected chi connectivity index (χ0v) is 32.6. The Morgan fingerprint density at radius 1 is 0.854 bits per heavy atom. The van der Waals surface area contributed by atoms with E-state index in [0.717, 1.165) is 53.2 Å². The quantitative estimate of drug-likeness (QED) is 0.0955. The maximum Gasteiger partial charge on any atom is 0.349 e. The highest BCUT2D eigenvalue weighted by atomic mass is 16.6. The van der Waals surface area contributed by atoms with Gasteiger partial charge in [0.05, 0.1) is 12.0 Å². The molecule has 3 rings (SSSR count). The lowest BCUT2D eigenvalue weighted by molar-refractivity contribution is -0.154. The van der Waals surface area contributed by atoms with Gasteiger partial charge in [0.2, 0.25) is 0 Å². The number of hydrogen-bond donors (Lipinski definition) is 0. The van der Waals surface area contributed by atoms with Crippen molar-refractivity contribution in [3.8, 4) is 11.5 Å². The molecule has 2 atom stereocenters. The summed E-state index contributed by atoms with van der Waals surface area (Å²) in [6.07, 6.45) is 17.5. The first-order valence-electron chi connectivity index (χ1n) is 19.2. The van der Waals surface area contributed by atoms with Gasteiger partial charge in [-0.05, 0) is 87.1 Å². The Balaban J connectivity index is 0.000000607. The van der Waals surface area contributed by atoms with Crippen LogP contribution in [0, 0.1) is 25.7 Å². The van der Waals surface area contributed by atoms with Crippen molar-refractivity contribution in [2.75, 3.05) is 6.61 Å². The van der Waals surface area contributed by atoms with Crippen LogP contribution in [0.4, 0.5) is 0 Å². The van der Waals surface area contributed by atoms with Gasteiger partial charge in [0, 0.05) is 5.56 Å². The molecule has 48 heavy (non-hydrogen) atoms. The number of esters is 2. The second kappa shape index (κ2) is 24.3. The maximum absolute atomic E-state index is 12.5. The van der Waals surface area contributed by atoms with Crippen LogP contribution < -0.4 is 9.47 Å². The van der Waals surface area contributed by atoms with Crippen molar-refractivity contribution in [1.82, 2.24) is 0 Å². The van der Waals surface area contributed by atoms with Crippen molar-refractivity contribution in [3.05, 3.63) is 58.1 Å². The standard InChI is InChI=1S/C27H34O5.C14H30.C2H6/c1-16(2)13-21-8-10-22(11-9-21)19(5)27(29)30-15-25(28)32-26-17(3)14-24-23(20(26)6)12-7-18(4)31-24;1-4-5-6-7-8-9-10-11-12-13-14(2)3;1-2/h8-11,14,16,18-19H,7,12-13,15H2,1-6H3;14H,4-13H2,1-3H3;1-2H3. The number of hydrogen-bond acceptors (Lipinski definition) is 5. The first-order valence-corrected chi connectivity index (χ1v) is 19.2. The molecule has 0 N–H and O–H groups in total. The van der Waals surface area contributed by atoms with Crippen LogP contribution in [-0.2, 0) is 27.2 Å². The molecule has 0 saturated carbocycles. The van der Waals surface area contributed by atoms with Gasteiger partial charge in [-0.25, -0.2) is 4.79 Å². The third kappa shape index (κ3) is 16.5. The van der Waals surface area contributed by atoms with E-state index >= 15 is 0 Å². The van der Waals surface area contributed by atoms with Gasteiger partial charge in [0.25, 0.3) is 0 Å². The van der Waals surface area contributed by atoms with Crippen LogP contribution in [0.25, 0.3) is 0 Å². The van der Waals surface area contributed by atoms with Gasteiger partial charge in [-0.3, -0.25) is 4.79 Å². The molecule has 2 aromatic carbocycles. The van der Waals surface area contributed by atoms with Crippen LogP contribution >= 0.6 is 0 Å². The monoisotopic (exact) mass is 667 g/mol. The van der Waals surface area contributed by atoms with Crippen molar-refractivity contribution in [2.24, 2.45) is 11.8 Å². The molecule has 1 aliphatic rings. The molecule has 0 aromatic heterocycles. The van der Waals surface area contributed by atoms with E-state index in [2.05, 4.69) is 41.5 Å². The highest BCUT2D eigenvalue weighted by molar-refractivity contribution is 5.82. The van der Waals surface area contributed by atoms with Gasteiger partial charge in [-0.15, -0.1) is 0 Å². The number of carbonyl (C=O) groups is 2. The summed E-state index contributed by atoms with van der Waals surface area (Å²) in [4.78, 5) is 24.9. The molecule has 0 fully saturated rings. The van der Waals surface area contributed by atoms with Crippen LogP contribution in [0.5, 0.6) is 11.5 Å². The summed E-state index contributed by atoms with van der Waals surface area (Å²) in [5.41, 5.74) is 4.91. The third-order valence-electron chi connectivity index (χ3n) is 8.84. The molecule has 0 saturated heterocycles. The van der Waals surface area contributed by atoms with Crippen molar-refractivity contribution < 1.29 is 23.8 Å². The molecule has 0 amide bonds. The fourth-order valence-corrected chi connectivity index (χ4v) is 5.97. The first-order chi connectivity index (χ1) is 22.9. The molecule has 5 heteroatoms. The topological polar surface area (TPSA) is 61.8 Å². The molecule has 0 bridgehead atoms. The number of aryl methyl sites for hydroxylation is 1. The molecule has 5 nitrogen and oxygen atoms in total. The lowest BCUT2D eigenvalue weighted by Gasteiger charge is -2.26. The summed E-state index contributed by atoms with van der Waals surface area (Å²) in [5.74, 6) is 1.37. The number of fused-ring (bicyclic) bond motifs is 1. The van der Waals surface area contributed by atoms with Crippen LogP contribution in [0.1, 0.15) is 167 Å². The van der Waals surface area contributed by atoms with Crippen molar-refractivity contribution >= 4 is 11.9 Å². The van der Waals surface area contributed by atoms with Crippen molar-refractivity contribution in [3.63, 3.8) is 0 Å². The molecule has 0 aliphatic carbocycles. The first kappa shape index (κ1) is 43.2. The SMILES string of the molecule is CC.CCCCCCCCCCCC(C)C.Cc1cc2c(c(C)c1OC(=O)COC(=O)C(C)c1ccc(CC(C)C)cc1)CCC(C)O2. The van der Waals surface area contributed by atoms with E-state index in [9.17, 15) is 9.59 Å². The molecule has 1 aliphatic heterocycles. The predicted octanol–water partition coefficient (Wildman–Crippen LogP) is 12.1. The van der Waals surface area contributed by atoms with E-state index in [1.807, 2.05) is 58.0 Å². The normalized spacial score (nSPS) is 14.1. The van der Waals surface area contributed by atoms with E-state index in [1.54, 1.807) is 6.92 Å². The van der Waals surface area contributed by atoms with Crippen LogP contribution in [0.15, 0.2) is 30.3 Å². The lowest BCUT2D eigenvalue weighted by atomic mass is 9.95. The van der Waals surface area contributed by atoms with Gasteiger partial charge >= 0.3 is 11.9 Å². The van der Waals surface area contributed by atoms with Crippen LogP contribution in [0.3, 0.4) is 0 Å². The predicted molar refractivity (Wildman–Crippen MR) is 202 cm³/mol. The largest absolute Gasteiger partial charge is 0.490 e. The number of carbonyl (C=O) groups excluding carboxylic acids is 2. The second-order valence-electron chi connectivity index (χ2n) is 14.2. The Hall–Kier alpha value is -2.82. The van der Waals surface area contributed by atoms with Gasteiger partial charge < -0.3 is 14.2 Å².